The summed E-state index contributed by atoms with van der Waals surface area (Å²) in [7, 11) is 2.72. The number of esters is 1. The molecule has 2 aromatic carbocycles. The van der Waals surface area contributed by atoms with Gasteiger partial charge in [0.25, 0.3) is 0 Å². The average molecular weight is 665 g/mol. The van der Waals surface area contributed by atoms with Crippen molar-refractivity contribution >= 4 is 16.9 Å². The first-order valence-corrected chi connectivity index (χ1v) is 14.5. The highest BCUT2D eigenvalue weighted by Gasteiger charge is 2.48. The smallest absolute Gasteiger partial charge is 0.303 e. The zero-order valence-electron chi connectivity index (χ0n) is 25.7. The highest BCUT2D eigenvalue weighted by Crippen LogP contribution is 2.44. The maximum absolute atomic E-state index is 13.1. The fraction of sp³-hybridized carbons (Fsp3) is 0.484. The van der Waals surface area contributed by atoms with Crippen LogP contribution in [0.5, 0.6) is 23.0 Å². The molecule has 16 heteroatoms. The number of hydrogen-bond donors (Lipinski definition) is 6. The molecule has 2 aliphatic heterocycles. The van der Waals surface area contributed by atoms with Crippen molar-refractivity contribution in [2.24, 2.45) is 0 Å². The minimum absolute atomic E-state index is 0.107. The normalized spacial score (nSPS) is 30.9. The summed E-state index contributed by atoms with van der Waals surface area (Å²) in [6.45, 7) is 2.09. The number of fused-ring (bicyclic) bond motifs is 1. The Morgan fingerprint density at radius 1 is 0.872 bits per heavy atom. The predicted molar refractivity (Wildman–Crippen MR) is 158 cm³/mol. The molecule has 2 saturated heterocycles. The number of aliphatic hydroxyl groups is 5. The van der Waals surface area contributed by atoms with Gasteiger partial charge in [-0.15, -0.1) is 0 Å². The highest BCUT2D eigenvalue weighted by atomic mass is 16.7. The molecule has 256 valence electrons. The molecule has 0 unspecified atom stereocenters. The molecule has 0 radical (unpaired) electrons. The Balaban J connectivity index is 1.36. The number of aromatic hydroxyl groups is 1. The molecule has 0 spiro atoms. The second-order valence-corrected chi connectivity index (χ2v) is 11.1. The van der Waals surface area contributed by atoms with Gasteiger partial charge in [0.15, 0.2) is 29.2 Å². The van der Waals surface area contributed by atoms with Gasteiger partial charge in [-0.2, -0.15) is 0 Å². The fourth-order valence-electron chi connectivity index (χ4n) is 5.38. The van der Waals surface area contributed by atoms with Gasteiger partial charge in [0.05, 0.1) is 32.3 Å². The number of hydrogen-bond acceptors (Lipinski definition) is 16. The van der Waals surface area contributed by atoms with Crippen LogP contribution in [0.15, 0.2) is 45.6 Å². The lowest BCUT2D eigenvalue weighted by atomic mass is 9.98. The van der Waals surface area contributed by atoms with Gasteiger partial charge in [0.2, 0.25) is 17.8 Å². The maximum atomic E-state index is 13.1. The Bertz CT molecular complexity index is 1620. The van der Waals surface area contributed by atoms with Crippen molar-refractivity contribution < 1.29 is 73.0 Å². The van der Waals surface area contributed by atoms with Gasteiger partial charge in [-0.1, -0.05) is 0 Å². The van der Waals surface area contributed by atoms with Crippen molar-refractivity contribution in [3.05, 3.63) is 46.6 Å². The third kappa shape index (κ3) is 6.86. The van der Waals surface area contributed by atoms with Crippen LogP contribution in [-0.2, 0) is 23.7 Å². The molecule has 0 saturated carbocycles. The van der Waals surface area contributed by atoms with Crippen LogP contribution in [0, 0.1) is 0 Å². The van der Waals surface area contributed by atoms with Crippen LogP contribution in [0.3, 0.4) is 0 Å². The van der Waals surface area contributed by atoms with Gasteiger partial charge in [0, 0.05) is 18.6 Å². The van der Waals surface area contributed by atoms with E-state index in [1.54, 1.807) is 24.3 Å². The Labute approximate surface area is 267 Å². The van der Waals surface area contributed by atoms with Crippen LogP contribution >= 0.6 is 0 Å². The number of carbonyl (C=O) groups excluding carboxylic acids is 1. The minimum Gasteiger partial charge on any atom is -0.502 e. The molecule has 10 atom stereocenters. The van der Waals surface area contributed by atoms with E-state index in [4.69, 9.17) is 37.6 Å². The van der Waals surface area contributed by atoms with Gasteiger partial charge in [0.1, 0.15) is 48.1 Å². The zero-order chi connectivity index (χ0) is 34.2. The van der Waals surface area contributed by atoms with Crippen molar-refractivity contribution in [3.63, 3.8) is 0 Å². The molecule has 6 N–H and O–H groups in total. The number of ether oxygens (including phenoxy) is 7. The molecular weight excluding hydrogens is 628 g/mol. The summed E-state index contributed by atoms with van der Waals surface area (Å²) in [5.74, 6) is -1.11. The van der Waals surface area contributed by atoms with E-state index in [0.29, 0.717) is 11.3 Å². The minimum atomic E-state index is -1.83. The number of carbonyl (C=O) groups is 1. The van der Waals surface area contributed by atoms with Crippen LogP contribution < -0.4 is 19.6 Å². The molecule has 0 amide bonds. The summed E-state index contributed by atoms with van der Waals surface area (Å²) in [5, 5.41) is 63.7. The number of aliphatic hydroxyl groups excluding tert-OH is 5. The molecule has 1 aromatic heterocycles. The van der Waals surface area contributed by atoms with E-state index in [9.17, 15) is 40.2 Å². The molecule has 0 bridgehead atoms. The Hall–Kier alpha value is -4.00. The number of phenolic OH excluding ortho intramolecular Hbond substituents is 1. The number of phenols is 1. The summed E-state index contributed by atoms with van der Waals surface area (Å²) in [6, 6.07) is 9.09. The first-order chi connectivity index (χ1) is 22.3. The third-order valence-electron chi connectivity index (χ3n) is 7.91. The van der Waals surface area contributed by atoms with E-state index in [2.05, 4.69) is 0 Å². The van der Waals surface area contributed by atoms with Gasteiger partial charge < -0.3 is 68.2 Å². The number of methoxy groups -OCH3 is 2. The van der Waals surface area contributed by atoms with E-state index >= 15 is 0 Å². The summed E-state index contributed by atoms with van der Waals surface area (Å²) in [5.41, 5.74) is -0.231. The topological polar surface area (TPSA) is 233 Å². The predicted octanol–water partition coefficient (Wildman–Crippen LogP) is -0.216. The van der Waals surface area contributed by atoms with E-state index in [0.717, 1.165) is 6.92 Å². The molecular formula is C31H36O16. The van der Waals surface area contributed by atoms with Crippen molar-refractivity contribution in [3.8, 4) is 34.3 Å². The molecule has 5 rings (SSSR count). The quantitative estimate of drug-likeness (QED) is 0.162. The number of benzene rings is 2. The summed E-state index contributed by atoms with van der Waals surface area (Å²) >= 11 is 0. The Morgan fingerprint density at radius 2 is 1.55 bits per heavy atom. The first-order valence-electron chi connectivity index (χ1n) is 14.5. The van der Waals surface area contributed by atoms with Crippen LogP contribution in [0.2, 0.25) is 0 Å². The van der Waals surface area contributed by atoms with Gasteiger partial charge in [-0.05, 0) is 37.3 Å². The SMILES string of the molecule is COc1ccc(-c2cc(=O)c3cc(O[C@@H]4O[C@H](CO[C@@H]5O[C@H](C)[C@H](OC(C)=O)[C@@H](O)[C@H]5O)[C@@H](O)[C@@H](O)[C@H]4O)c(OC)c(O)c3o2)cc1. The lowest BCUT2D eigenvalue weighted by Crippen LogP contribution is -2.62. The van der Waals surface area contributed by atoms with Crippen LogP contribution in [0.4, 0.5) is 0 Å². The van der Waals surface area contributed by atoms with E-state index in [1.165, 1.54) is 33.3 Å². The first kappa shape index (κ1) is 34.3. The maximum Gasteiger partial charge on any atom is 0.303 e. The van der Waals surface area contributed by atoms with Crippen LogP contribution in [0.25, 0.3) is 22.3 Å². The summed E-state index contributed by atoms with van der Waals surface area (Å²) in [4.78, 5) is 24.5. The summed E-state index contributed by atoms with van der Waals surface area (Å²) in [6.07, 6.45) is -15.2. The van der Waals surface area contributed by atoms with Crippen molar-refractivity contribution in [1.29, 1.82) is 0 Å². The molecule has 2 aliphatic rings. The van der Waals surface area contributed by atoms with Crippen LogP contribution in [0.1, 0.15) is 13.8 Å². The second kappa shape index (κ2) is 14.0. The lowest BCUT2D eigenvalue weighted by Gasteiger charge is -2.43. The van der Waals surface area contributed by atoms with Gasteiger partial charge >= 0.3 is 5.97 Å². The molecule has 16 nitrogen and oxygen atoms in total. The lowest BCUT2D eigenvalue weighted by molar-refractivity contribution is -0.319. The van der Waals surface area contributed by atoms with Gasteiger partial charge in [-0.25, -0.2) is 0 Å². The van der Waals surface area contributed by atoms with Crippen molar-refractivity contribution in [2.45, 2.75) is 75.3 Å². The monoisotopic (exact) mass is 664 g/mol. The fourth-order valence-corrected chi connectivity index (χ4v) is 5.38. The average Bonchev–Trinajstić information content (AvgIpc) is 3.05. The molecule has 3 heterocycles. The summed E-state index contributed by atoms with van der Waals surface area (Å²) < 4.78 is 43.9. The Morgan fingerprint density at radius 3 is 2.19 bits per heavy atom. The highest BCUT2D eigenvalue weighted by molar-refractivity contribution is 5.89. The van der Waals surface area contributed by atoms with Crippen LogP contribution in [-0.4, -0.2) is 119 Å². The largest absolute Gasteiger partial charge is 0.502 e. The third-order valence-corrected chi connectivity index (χ3v) is 7.91. The van der Waals surface area contributed by atoms with Gasteiger partial charge in [-0.3, -0.25) is 9.59 Å². The number of rotatable bonds is 9. The van der Waals surface area contributed by atoms with Crippen molar-refractivity contribution in [2.75, 3.05) is 20.8 Å². The second-order valence-electron chi connectivity index (χ2n) is 11.1. The molecule has 2 fully saturated rings. The standard InChI is InChI=1S/C31H36O16/c1-12-27(44-13(2)32)23(36)25(38)30(43-12)42-11-20-21(34)22(35)24(37)31(47-20)46-19-9-16-17(33)10-18(14-5-7-15(40-3)8-6-14)45-28(16)26(39)29(19)41-4/h5-10,12,20-25,27,30-31,34-39H,11H2,1-4H3/t12-,20-,21-,22-,23+,24-,25-,27+,30-,31-/m1/s1. The van der Waals surface area contributed by atoms with E-state index in [1.807, 2.05) is 0 Å². The molecule has 3 aromatic rings. The zero-order valence-corrected chi connectivity index (χ0v) is 25.7. The Kier molecular flexibility index (Phi) is 10.2. The van der Waals surface area contributed by atoms with E-state index < -0.39 is 85.2 Å². The van der Waals surface area contributed by atoms with Crippen molar-refractivity contribution in [1.82, 2.24) is 0 Å². The molecule has 0 aliphatic carbocycles. The van der Waals surface area contributed by atoms with E-state index in [-0.39, 0.29) is 28.2 Å². The molecule has 47 heavy (non-hydrogen) atoms.